The molecular weight excluding hydrogens is 224 g/mol. The Kier molecular flexibility index (Phi) is 3.93. The zero-order chi connectivity index (χ0) is 13.2. The number of anilines is 1. The van der Waals surface area contributed by atoms with Gasteiger partial charge in [-0.2, -0.15) is 0 Å². The molecule has 0 aliphatic carbocycles. The zero-order valence-electron chi connectivity index (χ0n) is 11.6. The first-order valence-electron chi connectivity index (χ1n) is 6.71. The van der Waals surface area contributed by atoms with Crippen molar-refractivity contribution in [3.8, 4) is 0 Å². The minimum Gasteiger partial charge on any atom is -0.394 e. The Morgan fingerprint density at radius 3 is 2.61 bits per heavy atom. The van der Waals surface area contributed by atoms with Crippen LogP contribution in [-0.4, -0.2) is 41.8 Å². The van der Waals surface area contributed by atoms with Crippen molar-refractivity contribution < 1.29 is 5.11 Å². The van der Waals surface area contributed by atoms with Crippen molar-refractivity contribution in [3.63, 3.8) is 0 Å². The van der Waals surface area contributed by atoms with Gasteiger partial charge in [-0.05, 0) is 45.9 Å². The van der Waals surface area contributed by atoms with E-state index in [-0.39, 0.29) is 12.1 Å². The molecule has 0 spiro atoms. The summed E-state index contributed by atoms with van der Waals surface area (Å²) in [7, 11) is 2.15. The third kappa shape index (κ3) is 2.85. The molecule has 0 amide bonds. The molecular formula is C15H24N2O. The highest BCUT2D eigenvalue weighted by Crippen LogP contribution is 2.29. The molecule has 1 aliphatic rings. The number of aryl methyl sites for hydroxylation is 1. The van der Waals surface area contributed by atoms with Crippen molar-refractivity contribution in [2.75, 3.05) is 25.5 Å². The third-order valence-corrected chi connectivity index (χ3v) is 4.15. The molecule has 100 valence electrons. The van der Waals surface area contributed by atoms with Crippen molar-refractivity contribution in [1.29, 1.82) is 0 Å². The van der Waals surface area contributed by atoms with E-state index in [1.165, 1.54) is 5.56 Å². The van der Waals surface area contributed by atoms with Crippen molar-refractivity contribution in [3.05, 3.63) is 29.8 Å². The Balaban J connectivity index is 2.11. The van der Waals surface area contributed by atoms with Gasteiger partial charge in [-0.15, -0.1) is 0 Å². The van der Waals surface area contributed by atoms with Gasteiger partial charge in [0.05, 0.1) is 12.1 Å². The van der Waals surface area contributed by atoms with E-state index in [9.17, 15) is 5.11 Å². The Bertz CT molecular complexity index is 390. The number of aliphatic hydroxyl groups is 1. The van der Waals surface area contributed by atoms with E-state index < -0.39 is 0 Å². The van der Waals surface area contributed by atoms with Crippen molar-refractivity contribution in [2.45, 2.75) is 38.3 Å². The van der Waals surface area contributed by atoms with Gasteiger partial charge in [-0.3, -0.25) is 0 Å². The summed E-state index contributed by atoms with van der Waals surface area (Å²) in [4.78, 5) is 2.35. The predicted octanol–water partition coefficient (Wildman–Crippen LogP) is 2.25. The lowest BCUT2D eigenvalue weighted by atomic mass is 9.84. The van der Waals surface area contributed by atoms with Crippen LogP contribution in [0.2, 0.25) is 0 Å². The quantitative estimate of drug-likeness (QED) is 0.861. The number of hydrogen-bond acceptors (Lipinski definition) is 3. The van der Waals surface area contributed by atoms with Gasteiger partial charge in [0, 0.05) is 18.3 Å². The molecule has 2 atom stereocenters. The molecule has 1 fully saturated rings. The zero-order valence-corrected chi connectivity index (χ0v) is 11.6. The topological polar surface area (TPSA) is 35.5 Å². The third-order valence-electron chi connectivity index (χ3n) is 4.15. The van der Waals surface area contributed by atoms with Gasteiger partial charge in [0.15, 0.2) is 0 Å². The maximum atomic E-state index is 9.78. The van der Waals surface area contributed by atoms with E-state index in [0.29, 0.717) is 6.04 Å². The molecule has 0 saturated carbocycles. The van der Waals surface area contributed by atoms with E-state index in [4.69, 9.17) is 0 Å². The number of likely N-dealkylation sites (tertiary alicyclic amines) is 1. The number of nitrogens with one attached hydrogen (secondary N) is 1. The number of piperidine rings is 1. The Hall–Kier alpha value is -1.06. The summed E-state index contributed by atoms with van der Waals surface area (Å²) in [6.45, 7) is 5.53. The maximum absolute atomic E-state index is 9.78. The van der Waals surface area contributed by atoms with Gasteiger partial charge in [-0.25, -0.2) is 0 Å². The first-order chi connectivity index (χ1) is 8.54. The summed E-state index contributed by atoms with van der Waals surface area (Å²) in [5.74, 6) is 0. The average molecular weight is 248 g/mol. The Morgan fingerprint density at radius 2 is 2.06 bits per heavy atom. The highest BCUT2D eigenvalue weighted by molar-refractivity contribution is 5.47. The normalized spacial score (nSPS) is 29.2. The molecule has 3 nitrogen and oxygen atoms in total. The second kappa shape index (κ2) is 5.29. The number of nitrogens with zero attached hydrogens (tertiary/aromatic N) is 1. The van der Waals surface area contributed by atoms with Crippen LogP contribution >= 0.6 is 0 Å². The number of benzene rings is 1. The lowest BCUT2D eigenvalue weighted by molar-refractivity contribution is 0.0969. The van der Waals surface area contributed by atoms with Crippen LogP contribution in [-0.2, 0) is 0 Å². The SMILES string of the molecule is Cc1ccc(NC2(CO)CCN(C)C(C)C2)cc1. The summed E-state index contributed by atoms with van der Waals surface area (Å²) in [6, 6.07) is 8.90. The number of aliphatic hydroxyl groups excluding tert-OH is 1. The fourth-order valence-electron chi connectivity index (χ4n) is 2.67. The molecule has 2 rings (SSSR count). The monoisotopic (exact) mass is 248 g/mol. The van der Waals surface area contributed by atoms with E-state index in [1.54, 1.807) is 0 Å². The van der Waals surface area contributed by atoms with Crippen LogP contribution in [0.4, 0.5) is 5.69 Å². The molecule has 0 radical (unpaired) electrons. The molecule has 0 aromatic heterocycles. The molecule has 1 aromatic rings. The molecule has 1 saturated heterocycles. The summed E-state index contributed by atoms with van der Waals surface area (Å²) in [5.41, 5.74) is 2.20. The Labute approximate surface area is 110 Å². The van der Waals surface area contributed by atoms with Crippen LogP contribution in [0.1, 0.15) is 25.3 Å². The second-order valence-electron chi connectivity index (χ2n) is 5.71. The molecule has 3 heteroatoms. The van der Waals surface area contributed by atoms with Gasteiger partial charge < -0.3 is 15.3 Å². The highest BCUT2D eigenvalue weighted by Gasteiger charge is 2.36. The second-order valence-corrected chi connectivity index (χ2v) is 5.71. The lowest BCUT2D eigenvalue weighted by Crippen LogP contribution is -2.54. The molecule has 18 heavy (non-hydrogen) atoms. The lowest BCUT2D eigenvalue weighted by Gasteiger charge is -2.44. The molecule has 2 unspecified atom stereocenters. The van der Waals surface area contributed by atoms with Crippen LogP contribution < -0.4 is 5.32 Å². The Morgan fingerprint density at radius 1 is 1.39 bits per heavy atom. The molecule has 2 N–H and O–H groups in total. The fourth-order valence-corrected chi connectivity index (χ4v) is 2.67. The van der Waals surface area contributed by atoms with E-state index >= 15 is 0 Å². The summed E-state index contributed by atoms with van der Waals surface area (Å²) < 4.78 is 0. The summed E-state index contributed by atoms with van der Waals surface area (Å²) >= 11 is 0. The van der Waals surface area contributed by atoms with E-state index in [0.717, 1.165) is 25.1 Å². The van der Waals surface area contributed by atoms with Crippen molar-refractivity contribution >= 4 is 5.69 Å². The summed E-state index contributed by atoms with van der Waals surface area (Å²) in [5, 5.41) is 13.3. The highest BCUT2D eigenvalue weighted by atomic mass is 16.3. The van der Waals surface area contributed by atoms with E-state index in [2.05, 4.69) is 55.4 Å². The van der Waals surface area contributed by atoms with Crippen LogP contribution in [0, 0.1) is 6.92 Å². The van der Waals surface area contributed by atoms with Crippen LogP contribution in [0.15, 0.2) is 24.3 Å². The van der Waals surface area contributed by atoms with Crippen molar-refractivity contribution in [2.24, 2.45) is 0 Å². The first kappa shape index (κ1) is 13.4. The predicted molar refractivity (Wildman–Crippen MR) is 75.9 cm³/mol. The van der Waals surface area contributed by atoms with Crippen LogP contribution in [0.5, 0.6) is 0 Å². The van der Waals surface area contributed by atoms with Gasteiger partial charge in [0.25, 0.3) is 0 Å². The van der Waals surface area contributed by atoms with Crippen LogP contribution in [0.25, 0.3) is 0 Å². The molecule has 0 bridgehead atoms. The minimum atomic E-state index is -0.165. The van der Waals surface area contributed by atoms with Crippen LogP contribution in [0.3, 0.4) is 0 Å². The molecule has 1 aliphatic heterocycles. The smallest absolute Gasteiger partial charge is 0.0662 e. The van der Waals surface area contributed by atoms with Gasteiger partial charge in [-0.1, -0.05) is 17.7 Å². The number of rotatable bonds is 3. The first-order valence-corrected chi connectivity index (χ1v) is 6.71. The molecule has 1 aromatic carbocycles. The van der Waals surface area contributed by atoms with Gasteiger partial charge in [0.2, 0.25) is 0 Å². The average Bonchev–Trinajstić information content (AvgIpc) is 2.37. The van der Waals surface area contributed by atoms with E-state index in [1.807, 2.05) is 0 Å². The minimum absolute atomic E-state index is 0.165. The summed E-state index contributed by atoms with van der Waals surface area (Å²) in [6.07, 6.45) is 1.96. The largest absolute Gasteiger partial charge is 0.394 e. The molecule has 1 heterocycles. The van der Waals surface area contributed by atoms with Gasteiger partial charge in [0.1, 0.15) is 0 Å². The fraction of sp³-hybridized carbons (Fsp3) is 0.600. The van der Waals surface area contributed by atoms with Crippen molar-refractivity contribution in [1.82, 2.24) is 4.90 Å². The number of hydrogen-bond donors (Lipinski definition) is 2. The van der Waals surface area contributed by atoms with Gasteiger partial charge >= 0.3 is 0 Å². The maximum Gasteiger partial charge on any atom is 0.0662 e. The standard InChI is InChI=1S/C15H24N2O/c1-12-4-6-14(7-5-12)16-15(11-18)8-9-17(3)13(2)10-15/h4-7,13,16,18H,8-11H2,1-3H3.